The molecule has 0 atom stereocenters. The number of phenolic OH excluding ortho intramolecular Hbond substituents is 1. The molecule has 1 aromatic heterocycles. The highest BCUT2D eigenvalue weighted by Crippen LogP contribution is 2.40. The molecule has 3 rings (SSSR count). The Hall–Kier alpha value is -2.46. The average Bonchev–Trinajstić information content (AvgIpc) is 3.09. The van der Waals surface area contributed by atoms with Gasteiger partial charge in [-0.2, -0.15) is 0 Å². The van der Waals surface area contributed by atoms with E-state index in [-0.39, 0.29) is 16.6 Å². The van der Waals surface area contributed by atoms with Crippen LogP contribution < -0.4 is 0 Å². The van der Waals surface area contributed by atoms with Gasteiger partial charge in [-0.25, -0.2) is 0 Å². The Bertz CT molecular complexity index is 1060. The summed E-state index contributed by atoms with van der Waals surface area (Å²) in [5.74, 6) is 1.23. The summed E-state index contributed by atoms with van der Waals surface area (Å²) in [6, 6.07) is 16.0. The van der Waals surface area contributed by atoms with E-state index in [2.05, 4.69) is 65.2 Å². The summed E-state index contributed by atoms with van der Waals surface area (Å²) in [7, 11) is 0. The topological polar surface area (TPSA) is 42.2 Å². The minimum atomic E-state index is -0.275. The lowest BCUT2D eigenvalue weighted by molar-refractivity contribution is 0.103. The molecule has 1 N–H and O–H groups in total. The van der Waals surface area contributed by atoms with Gasteiger partial charge in [-0.15, -0.1) is 11.8 Å². The Morgan fingerprint density at radius 2 is 1.47 bits per heavy atom. The molecule has 32 heavy (non-hydrogen) atoms. The SMILES string of the molecule is CCSc1cc(C(=O)c2cc(C(C)(C)C)c(O)c(C(C)(C)C)c2)cn1Cc1ccccc1. The lowest BCUT2D eigenvalue weighted by Gasteiger charge is -2.28. The molecule has 0 saturated carbocycles. The van der Waals surface area contributed by atoms with Crippen LogP contribution in [0.4, 0.5) is 0 Å². The number of carbonyl (C=O) groups is 1. The zero-order valence-corrected chi connectivity index (χ0v) is 21.1. The molecule has 1 heterocycles. The molecule has 0 aliphatic heterocycles. The number of phenols is 1. The predicted octanol–water partition coefficient (Wildman–Crippen LogP) is 7.18. The van der Waals surface area contributed by atoms with Crippen molar-refractivity contribution in [1.82, 2.24) is 4.57 Å². The van der Waals surface area contributed by atoms with Crippen molar-refractivity contribution >= 4 is 17.5 Å². The van der Waals surface area contributed by atoms with E-state index in [0.717, 1.165) is 28.5 Å². The maximum absolute atomic E-state index is 13.6. The van der Waals surface area contributed by atoms with Crippen LogP contribution >= 0.6 is 11.8 Å². The Kier molecular flexibility index (Phi) is 6.94. The van der Waals surface area contributed by atoms with Gasteiger partial charge in [-0.3, -0.25) is 4.79 Å². The van der Waals surface area contributed by atoms with Crippen molar-refractivity contribution in [2.45, 2.75) is 70.9 Å². The molecule has 0 spiro atoms. The molecule has 0 bridgehead atoms. The molecule has 4 heteroatoms. The van der Waals surface area contributed by atoms with E-state index in [1.165, 1.54) is 5.56 Å². The number of rotatable bonds is 6. The molecule has 0 amide bonds. The highest BCUT2D eigenvalue weighted by molar-refractivity contribution is 7.99. The van der Waals surface area contributed by atoms with E-state index in [1.54, 1.807) is 11.8 Å². The third kappa shape index (κ3) is 5.29. The number of benzene rings is 2. The second kappa shape index (κ2) is 9.19. The summed E-state index contributed by atoms with van der Waals surface area (Å²) >= 11 is 1.74. The van der Waals surface area contributed by atoms with Crippen LogP contribution in [0, 0.1) is 0 Å². The maximum atomic E-state index is 13.6. The number of aromatic hydroxyl groups is 1. The van der Waals surface area contributed by atoms with Gasteiger partial charge in [-0.1, -0.05) is 78.8 Å². The second-order valence-electron chi connectivity index (χ2n) is 10.4. The highest BCUT2D eigenvalue weighted by atomic mass is 32.2. The molecule has 0 aliphatic carbocycles. The monoisotopic (exact) mass is 449 g/mol. The number of nitrogens with zero attached hydrogens (tertiary/aromatic N) is 1. The highest BCUT2D eigenvalue weighted by Gasteiger charge is 2.28. The summed E-state index contributed by atoms with van der Waals surface area (Å²) in [4.78, 5) is 13.6. The summed E-state index contributed by atoms with van der Waals surface area (Å²) in [6.45, 7) is 15.2. The quantitative estimate of drug-likeness (QED) is 0.320. The summed E-state index contributed by atoms with van der Waals surface area (Å²) < 4.78 is 2.16. The fourth-order valence-electron chi connectivity index (χ4n) is 3.86. The standard InChI is InChI=1S/C28H35NO2S/c1-8-32-24-16-21(18-29(24)17-19-12-10-9-11-13-19)25(30)20-14-22(27(2,3)4)26(31)23(15-20)28(5,6)7/h9-16,18,31H,8,17H2,1-7H3. The maximum Gasteiger partial charge on any atom is 0.194 e. The summed E-state index contributed by atoms with van der Waals surface area (Å²) in [5.41, 5.74) is 3.57. The zero-order valence-electron chi connectivity index (χ0n) is 20.3. The van der Waals surface area contributed by atoms with Crippen LogP contribution in [0.3, 0.4) is 0 Å². The lowest BCUT2D eigenvalue weighted by Crippen LogP contribution is -2.19. The van der Waals surface area contributed by atoms with Crippen LogP contribution in [0.5, 0.6) is 5.75 Å². The minimum Gasteiger partial charge on any atom is -0.507 e. The number of hydrogen-bond donors (Lipinski definition) is 1. The summed E-state index contributed by atoms with van der Waals surface area (Å²) in [5, 5.41) is 12.1. The first-order valence-corrected chi connectivity index (χ1v) is 12.2. The molecule has 0 saturated heterocycles. The van der Waals surface area contributed by atoms with Crippen molar-refractivity contribution in [3.63, 3.8) is 0 Å². The molecular formula is C28H35NO2S. The van der Waals surface area contributed by atoms with Crippen molar-refractivity contribution in [2.75, 3.05) is 5.75 Å². The fraction of sp³-hybridized carbons (Fsp3) is 0.393. The van der Waals surface area contributed by atoms with Gasteiger partial charge in [0, 0.05) is 35.0 Å². The zero-order chi connectivity index (χ0) is 23.7. The second-order valence-corrected chi connectivity index (χ2v) is 11.6. The van der Waals surface area contributed by atoms with Gasteiger partial charge in [0.1, 0.15) is 5.75 Å². The number of ketones is 1. The van der Waals surface area contributed by atoms with Crippen LogP contribution in [0.15, 0.2) is 59.8 Å². The molecule has 0 radical (unpaired) electrons. The number of carbonyl (C=O) groups excluding carboxylic acids is 1. The van der Waals surface area contributed by atoms with Crippen molar-refractivity contribution in [1.29, 1.82) is 0 Å². The predicted molar refractivity (Wildman–Crippen MR) is 135 cm³/mol. The van der Waals surface area contributed by atoms with Crippen LogP contribution in [0.25, 0.3) is 0 Å². The molecule has 0 aliphatic rings. The van der Waals surface area contributed by atoms with Crippen molar-refractivity contribution < 1.29 is 9.90 Å². The van der Waals surface area contributed by atoms with Gasteiger partial charge in [0.25, 0.3) is 0 Å². The molecule has 2 aromatic carbocycles. The first kappa shape index (κ1) is 24.2. The molecule has 170 valence electrons. The van der Waals surface area contributed by atoms with E-state index < -0.39 is 0 Å². The van der Waals surface area contributed by atoms with Gasteiger partial charge in [0.05, 0.1) is 5.03 Å². The third-order valence-corrected chi connectivity index (χ3v) is 6.53. The molecular weight excluding hydrogens is 414 g/mol. The van der Waals surface area contributed by atoms with Gasteiger partial charge in [-0.05, 0) is 40.3 Å². The van der Waals surface area contributed by atoms with Gasteiger partial charge < -0.3 is 9.67 Å². The van der Waals surface area contributed by atoms with Crippen molar-refractivity contribution in [2.24, 2.45) is 0 Å². The van der Waals surface area contributed by atoms with Crippen LogP contribution in [-0.4, -0.2) is 21.2 Å². The van der Waals surface area contributed by atoms with Crippen LogP contribution in [-0.2, 0) is 17.4 Å². The van der Waals surface area contributed by atoms with Crippen LogP contribution in [0.1, 0.15) is 81.1 Å². The Labute approximate surface area is 196 Å². The smallest absolute Gasteiger partial charge is 0.194 e. The molecule has 0 fully saturated rings. The lowest BCUT2D eigenvalue weighted by atomic mass is 9.78. The van der Waals surface area contributed by atoms with E-state index in [9.17, 15) is 9.90 Å². The first-order valence-electron chi connectivity index (χ1n) is 11.2. The summed E-state index contributed by atoms with van der Waals surface area (Å²) in [6.07, 6.45) is 1.97. The molecule has 0 unspecified atom stereocenters. The van der Waals surface area contributed by atoms with Gasteiger partial charge >= 0.3 is 0 Å². The average molecular weight is 450 g/mol. The number of aromatic nitrogens is 1. The van der Waals surface area contributed by atoms with Gasteiger partial charge in [0.15, 0.2) is 5.78 Å². The number of thioether (sulfide) groups is 1. The fourth-order valence-corrected chi connectivity index (χ4v) is 4.65. The minimum absolute atomic E-state index is 0.00855. The third-order valence-electron chi connectivity index (χ3n) is 5.60. The molecule has 3 nitrogen and oxygen atoms in total. The Morgan fingerprint density at radius 3 is 1.97 bits per heavy atom. The number of hydrogen-bond acceptors (Lipinski definition) is 3. The van der Waals surface area contributed by atoms with E-state index in [0.29, 0.717) is 16.9 Å². The van der Waals surface area contributed by atoms with E-state index in [4.69, 9.17) is 0 Å². The van der Waals surface area contributed by atoms with Crippen molar-refractivity contribution in [3.05, 3.63) is 82.5 Å². The van der Waals surface area contributed by atoms with Crippen LogP contribution in [0.2, 0.25) is 0 Å². The van der Waals surface area contributed by atoms with E-state index >= 15 is 0 Å². The van der Waals surface area contributed by atoms with Crippen molar-refractivity contribution in [3.8, 4) is 5.75 Å². The largest absolute Gasteiger partial charge is 0.507 e. The first-order chi connectivity index (χ1) is 14.9. The van der Waals surface area contributed by atoms with Gasteiger partial charge in [0.2, 0.25) is 0 Å². The normalized spacial score (nSPS) is 12.2. The molecule has 3 aromatic rings. The van der Waals surface area contributed by atoms with E-state index in [1.807, 2.05) is 42.6 Å². The Morgan fingerprint density at radius 1 is 0.906 bits per heavy atom. The Balaban J connectivity index is 2.08.